The fourth-order valence-electron chi connectivity index (χ4n) is 1.37. The molecule has 0 aliphatic carbocycles. The van der Waals surface area contributed by atoms with Crippen molar-refractivity contribution in [2.45, 2.75) is 11.1 Å². The molecular weight excluding hydrogens is 285 g/mol. The number of anilines is 1. The fraction of sp³-hybridized carbons (Fsp3) is 0.444. The summed E-state index contributed by atoms with van der Waals surface area (Å²) in [7, 11) is -3.92. The van der Waals surface area contributed by atoms with Crippen LogP contribution >= 0.6 is 0 Å². The Labute approximate surface area is 108 Å². The van der Waals surface area contributed by atoms with Crippen LogP contribution in [0.5, 0.6) is 0 Å². The minimum atomic E-state index is -4.41. The van der Waals surface area contributed by atoms with Gasteiger partial charge in [-0.2, -0.15) is 13.2 Å². The van der Waals surface area contributed by atoms with E-state index in [4.69, 9.17) is 10.9 Å². The quantitative estimate of drug-likeness (QED) is 0.800. The van der Waals surface area contributed by atoms with Crippen molar-refractivity contribution in [1.82, 2.24) is 4.98 Å². The number of rotatable bonds is 5. The Balaban J connectivity index is 2.98. The molecule has 10 heteroatoms. The molecule has 0 amide bonds. The Kier molecular flexibility index (Phi) is 4.71. The van der Waals surface area contributed by atoms with Crippen LogP contribution < -0.4 is 15.8 Å². The third kappa shape index (κ3) is 5.01. The Bertz CT molecular complexity index is 515. The van der Waals surface area contributed by atoms with Crippen molar-refractivity contribution in [3.05, 3.63) is 18.3 Å². The highest BCUT2D eigenvalue weighted by molar-refractivity contribution is 7.89. The van der Waals surface area contributed by atoms with Crippen molar-refractivity contribution in [3.8, 4) is 0 Å². The zero-order chi connectivity index (χ0) is 14.7. The maximum atomic E-state index is 12.4. The van der Waals surface area contributed by atoms with Gasteiger partial charge in [0.25, 0.3) is 0 Å². The highest BCUT2D eigenvalue weighted by Crippen LogP contribution is 2.21. The Morgan fingerprint density at radius 2 is 1.95 bits per heavy atom. The van der Waals surface area contributed by atoms with Crippen LogP contribution in [0.1, 0.15) is 0 Å². The second kappa shape index (κ2) is 5.72. The highest BCUT2D eigenvalue weighted by atomic mass is 32.2. The van der Waals surface area contributed by atoms with Crippen molar-refractivity contribution in [1.29, 1.82) is 0 Å². The minimum Gasteiger partial charge on any atom is -0.346 e. The molecule has 0 bridgehead atoms. The van der Waals surface area contributed by atoms with E-state index in [9.17, 15) is 21.6 Å². The largest absolute Gasteiger partial charge is 0.405 e. The Morgan fingerprint density at radius 3 is 2.32 bits per heavy atom. The number of pyridine rings is 1. The molecule has 0 saturated heterocycles. The van der Waals surface area contributed by atoms with Crippen LogP contribution in [0.2, 0.25) is 0 Å². The molecule has 0 atom stereocenters. The summed E-state index contributed by atoms with van der Waals surface area (Å²) in [5.41, 5.74) is 5.23. The molecule has 0 fully saturated rings. The van der Waals surface area contributed by atoms with E-state index in [1.54, 1.807) is 0 Å². The number of sulfonamides is 1. The van der Waals surface area contributed by atoms with Gasteiger partial charge in [-0.3, -0.25) is 0 Å². The van der Waals surface area contributed by atoms with E-state index in [1.165, 1.54) is 0 Å². The first-order chi connectivity index (χ1) is 8.63. The maximum absolute atomic E-state index is 12.4. The molecule has 108 valence electrons. The first-order valence-corrected chi connectivity index (χ1v) is 6.69. The number of alkyl halides is 3. The van der Waals surface area contributed by atoms with Gasteiger partial charge in [0, 0.05) is 19.3 Å². The van der Waals surface area contributed by atoms with Gasteiger partial charge in [-0.1, -0.05) is 0 Å². The third-order valence-electron chi connectivity index (χ3n) is 2.14. The van der Waals surface area contributed by atoms with Crippen LogP contribution in [0.25, 0.3) is 0 Å². The molecule has 19 heavy (non-hydrogen) atoms. The molecular formula is C9H13F3N4O2S. The second-order valence-corrected chi connectivity index (χ2v) is 5.28. The van der Waals surface area contributed by atoms with E-state index < -0.39 is 22.7 Å². The SMILES string of the molecule is NCCN(CC(F)(F)F)c1ccc(S(N)(=O)=O)cn1. The lowest BCUT2D eigenvalue weighted by Crippen LogP contribution is -2.38. The van der Waals surface area contributed by atoms with Crippen molar-refractivity contribution in [2.24, 2.45) is 10.9 Å². The third-order valence-corrected chi connectivity index (χ3v) is 3.04. The highest BCUT2D eigenvalue weighted by Gasteiger charge is 2.31. The van der Waals surface area contributed by atoms with E-state index in [1.807, 2.05) is 0 Å². The van der Waals surface area contributed by atoms with Gasteiger partial charge in [-0.05, 0) is 12.1 Å². The molecule has 0 aliphatic heterocycles. The van der Waals surface area contributed by atoms with Gasteiger partial charge < -0.3 is 10.6 Å². The molecule has 1 heterocycles. The lowest BCUT2D eigenvalue weighted by Gasteiger charge is -2.24. The topological polar surface area (TPSA) is 102 Å². The van der Waals surface area contributed by atoms with E-state index in [0.29, 0.717) is 0 Å². The number of primary sulfonamides is 1. The van der Waals surface area contributed by atoms with Gasteiger partial charge >= 0.3 is 6.18 Å². The zero-order valence-corrected chi connectivity index (χ0v) is 10.6. The molecule has 4 N–H and O–H groups in total. The first-order valence-electron chi connectivity index (χ1n) is 5.14. The Hall–Kier alpha value is -1.39. The number of nitrogens with two attached hydrogens (primary N) is 2. The summed E-state index contributed by atoms with van der Waals surface area (Å²) in [6, 6.07) is 2.25. The molecule has 1 aromatic rings. The summed E-state index contributed by atoms with van der Waals surface area (Å²) in [5, 5.41) is 4.86. The molecule has 0 spiro atoms. The molecule has 1 aromatic heterocycles. The van der Waals surface area contributed by atoms with Crippen LogP contribution in [0.15, 0.2) is 23.2 Å². The number of nitrogens with zero attached hydrogens (tertiary/aromatic N) is 2. The van der Waals surface area contributed by atoms with Crippen molar-refractivity contribution in [3.63, 3.8) is 0 Å². The summed E-state index contributed by atoms with van der Waals surface area (Å²) in [6.45, 7) is -1.26. The monoisotopic (exact) mass is 298 g/mol. The van der Waals surface area contributed by atoms with E-state index in [-0.39, 0.29) is 23.8 Å². The van der Waals surface area contributed by atoms with Crippen LogP contribution in [0.4, 0.5) is 19.0 Å². The lowest BCUT2D eigenvalue weighted by molar-refractivity contribution is -0.119. The molecule has 0 saturated carbocycles. The molecule has 0 unspecified atom stereocenters. The van der Waals surface area contributed by atoms with Crippen LogP contribution in [0.3, 0.4) is 0 Å². The summed E-state index contributed by atoms with van der Waals surface area (Å²) < 4.78 is 59.1. The lowest BCUT2D eigenvalue weighted by atomic mass is 10.4. The summed E-state index contributed by atoms with van der Waals surface area (Å²) in [4.78, 5) is 4.30. The Morgan fingerprint density at radius 1 is 1.32 bits per heavy atom. The summed E-state index contributed by atoms with van der Waals surface area (Å²) >= 11 is 0. The van der Waals surface area contributed by atoms with Crippen LogP contribution in [-0.4, -0.2) is 39.2 Å². The van der Waals surface area contributed by atoms with Gasteiger partial charge in [0.2, 0.25) is 10.0 Å². The maximum Gasteiger partial charge on any atom is 0.405 e. The average molecular weight is 298 g/mol. The predicted octanol–water partition coefficient (Wildman–Crippen LogP) is 0.0564. The molecule has 0 aliphatic rings. The number of hydrogen-bond donors (Lipinski definition) is 2. The fourth-order valence-corrected chi connectivity index (χ4v) is 1.83. The number of hydrogen-bond acceptors (Lipinski definition) is 5. The smallest absolute Gasteiger partial charge is 0.346 e. The molecule has 0 aromatic carbocycles. The van der Waals surface area contributed by atoms with Crippen LogP contribution in [-0.2, 0) is 10.0 Å². The van der Waals surface area contributed by atoms with Gasteiger partial charge in [-0.25, -0.2) is 18.5 Å². The summed E-state index contributed by atoms with van der Waals surface area (Å²) in [5.74, 6) is -0.0184. The van der Waals surface area contributed by atoms with Gasteiger partial charge in [0.1, 0.15) is 17.3 Å². The van der Waals surface area contributed by atoms with Gasteiger partial charge in [-0.15, -0.1) is 0 Å². The van der Waals surface area contributed by atoms with Crippen molar-refractivity contribution >= 4 is 15.8 Å². The van der Waals surface area contributed by atoms with Crippen molar-refractivity contribution < 1.29 is 21.6 Å². The molecule has 0 radical (unpaired) electrons. The van der Waals surface area contributed by atoms with E-state index >= 15 is 0 Å². The van der Waals surface area contributed by atoms with E-state index in [2.05, 4.69) is 4.98 Å². The van der Waals surface area contributed by atoms with Crippen LogP contribution in [0, 0.1) is 0 Å². The van der Waals surface area contributed by atoms with Gasteiger partial charge in [0.05, 0.1) is 0 Å². The summed E-state index contributed by atoms with van der Waals surface area (Å²) in [6.07, 6.45) is -3.50. The predicted molar refractivity (Wildman–Crippen MR) is 62.9 cm³/mol. The normalized spacial score (nSPS) is 12.5. The number of halogens is 3. The van der Waals surface area contributed by atoms with Crippen molar-refractivity contribution in [2.75, 3.05) is 24.5 Å². The molecule has 6 nitrogen and oxygen atoms in total. The zero-order valence-electron chi connectivity index (χ0n) is 9.76. The second-order valence-electron chi connectivity index (χ2n) is 3.72. The molecule has 1 rings (SSSR count). The number of aromatic nitrogens is 1. The van der Waals surface area contributed by atoms with E-state index in [0.717, 1.165) is 23.2 Å². The first kappa shape index (κ1) is 15.7. The standard InChI is InChI=1S/C9H13F3N4O2S/c10-9(11,12)6-16(4-3-13)8-2-1-7(5-15-8)19(14,17)18/h1-2,5H,3-4,6,13H2,(H2,14,17,18). The average Bonchev–Trinajstić information content (AvgIpc) is 2.26. The van der Waals surface area contributed by atoms with Gasteiger partial charge in [0.15, 0.2) is 0 Å². The minimum absolute atomic E-state index is 0.00863.